The maximum absolute atomic E-state index is 12.2. The molecule has 0 aliphatic carbocycles. The van der Waals surface area contributed by atoms with Crippen LogP contribution in [0.25, 0.3) is 5.52 Å². The zero-order chi connectivity index (χ0) is 16.4. The van der Waals surface area contributed by atoms with Gasteiger partial charge in [0.1, 0.15) is 24.2 Å². The Morgan fingerprint density at radius 1 is 1.13 bits per heavy atom. The number of ether oxygens (including phenoxy) is 1. The van der Waals surface area contributed by atoms with Crippen molar-refractivity contribution in [2.45, 2.75) is 32.7 Å². The highest BCUT2D eigenvalue weighted by atomic mass is 16.5. The minimum absolute atomic E-state index is 0.107. The highest BCUT2D eigenvalue weighted by Gasteiger charge is 2.13. The van der Waals surface area contributed by atoms with Crippen LogP contribution in [0.1, 0.15) is 26.3 Å². The predicted octanol–water partition coefficient (Wildman–Crippen LogP) is 2.87. The highest BCUT2D eigenvalue weighted by Crippen LogP contribution is 2.24. The summed E-state index contributed by atoms with van der Waals surface area (Å²) in [6.07, 6.45) is 3.44. The Morgan fingerprint density at radius 3 is 2.57 bits per heavy atom. The minimum Gasteiger partial charge on any atom is -0.492 e. The molecule has 5 heteroatoms. The van der Waals surface area contributed by atoms with Crippen molar-refractivity contribution in [2.75, 3.05) is 6.61 Å². The Hall–Kier alpha value is -2.56. The third-order valence-corrected chi connectivity index (χ3v) is 3.84. The van der Waals surface area contributed by atoms with Crippen molar-refractivity contribution in [2.24, 2.45) is 0 Å². The molecule has 1 aromatic carbocycles. The van der Waals surface area contributed by atoms with Crippen molar-refractivity contribution >= 4 is 5.52 Å². The lowest BCUT2D eigenvalue weighted by Gasteiger charge is -2.19. The van der Waals surface area contributed by atoms with E-state index in [1.807, 2.05) is 18.2 Å². The zero-order valence-corrected chi connectivity index (χ0v) is 13.7. The van der Waals surface area contributed by atoms with Crippen LogP contribution in [0.2, 0.25) is 0 Å². The maximum Gasteiger partial charge on any atom is 0.291 e. The molecule has 0 bridgehead atoms. The largest absolute Gasteiger partial charge is 0.492 e. The van der Waals surface area contributed by atoms with Crippen molar-refractivity contribution in [3.63, 3.8) is 0 Å². The first-order valence-electron chi connectivity index (χ1n) is 7.71. The number of hydrogen-bond donors (Lipinski definition) is 0. The van der Waals surface area contributed by atoms with Crippen LogP contribution in [-0.4, -0.2) is 20.8 Å². The van der Waals surface area contributed by atoms with Gasteiger partial charge in [-0.1, -0.05) is 32.9 Å². The number of rotatable bonds is 4. The lowest BCUT2D eigenvalue weighted by atomic mass is 9.87. The van der Waals surface area contributed by atoms with Crippen LogP contribution >= 0.6 is 0 Å². The first-order chi connectivity index (χ1) is 10.9. The molecule has 0 unspecified atom stereocenters. The summed E-state index contributed by atoms with van der Waals surface area (Å²) in [4.78, 5) is 12.2. The van der Waals surface area contributed by atoms with Gasteiger partial charge in [-0.3, -0.25) is 4.79 Å². The van der Waals surface area contributed by atoms with Gasteiger partial charge in [0.05, 0.1) is 6.54 Å². The smallest absolute Gasteiger partial charge is 0.291 e. The molecule has 2 aromatic heterocycles. The van der Waals surface area contributed by atoms with Crippen LogP contribution in [0.4, 0.5) is 0 Å². The van der Waals surface area contributed by atoms with E-state index >= 15 is 0 Å². The third kappa shape index (κ3) is 3.28. The summed E-state index contributed by atoms with van der Waals surface area (Å²) in [6, 6.07) is 11.7. The number of nitrogens with zero attached hydrogens (tertiary/aromatic N) is 3. The van der Waals surface area contributed by atoms with Crippen LogP contribution in [0.3, 0.4) is 0 Å². The van der Waals surface area contributed by atoms with Gasteiger partial charge in [-0.2, -0.15) is 5.10 Å². The summed E-state index contributed by atoms with van der Waals surface area (Å²) in [5.74, 6) is 0.801. The summed E-state index contributed by atoms with van der Waals surface area (Å²) >= 11 is 0. The van der Waals surface area contributed by atoms with Crippen LogP contribution < -0.4 is 10.3 Å². The second-order valence-electron chi connectivity index (χ2n) is 6.58. The van der Waals surface area contributed by atoms with E-state index in [1.165, 1.54) is 10.2 Å². The highest BCUT2D eigenvalue weighted by molar-refractivity contribution is 5.44. The van der Waals surface area contributed by atoms with Gasteiger partial charge in [0.15, 0.2) is 0 Å². The summed E-state index contributed by atoms with van der Waals surface area (Å²) in [5, 5.41) is 4.14. The Bertz CT molecular complexity index is 854. The second kappa shape index (κ2) is 5.91. The minimum atomic E-state index is -0.107. The van der Waals surface area contributed by atoms with E-state index < -0.39 is 0 Å². The van der Waals surface area contributed by atoms with E-state index in [0.717, 1.165) is 5.75 Å². The van der Waals surface area contributed by atoms with Crippen LogP contribution in [0.15, 0.2) is 53.7 Å². The first kappa shape index (κ1) is 15.3. The Morgan fingerprint density at radius 2 is 1.87 bits per heavy atom. The molecule has 3 rings (SSSR count). The topological polar surface area (TPSA) is 48.5 Å². The molecular formula is C18H21N3O2. The lowest BCUT2D eigenvalue weighted by Crippen LogP contribution is -2.26. The van der Waals surface area contributed by atoms with Gasteiger partial charge in [-0.05, 0) is 35.2 Å². The quantitative estimate of drug-likeness (QED) is 0.744. The number of aromatic nitrogens is 3. The molecule has 5 nitrogen and oxygen atoms in total. The first-order valence-corrected chi connectivity index (χ1v) is 7.71. The Kier molecular flexibility index (Phi) is 3.94. The molecule has 23 heavy (non-hydrogen) atoms. The number of hydrogen-bond acceptors (Lipinski definition) is 3. The van der Waals surface area contributed by atoms with Crippen molar-refractivity contribution < 1.29 is 4.74 Å². The van der Waals surface area contributed by atoms with E-state index in [4.69, 9.17) is 4.74 Å². The summed E-state index contributed by atoms with van der Waals surface area (Å²) in [5.41, 5.74) is 1.91. The van der Waals surface area contributed by atoms with E-state index in [-0.39, 0.29) is 11.0 Å². The Balaban J connectivity index is 1.64. The van der Waals surface area contributed by atoms with Gasteiger partial charge in [0.2, 0.25) is 0 Å². The fourth-order valence-electron chi connectivity index (χ4n) is 2.44. The van der Waals surface area contributed by atoms with Crippen molar-refractivity contribution in [1.82, 2.24) is 14.2 Å². The molecule has 0 saturated carbocycles. The summed E-state index contributed by atoms with van der Waals surface area (Å²) in [6.45, 7) is 7.36. The summed E-state index contributed by atoms with van der Waals surface area (Å²) < 4.78 is 8.86. The average molecular weight is 311 g/mol. The van der Waals surface area contributed by atoms with Crippen molar-refractivity contribution in [1.29, 1.82) is 0 Å². The van der Waals surface area contributed by atoms with Crippen LogP contribution in [0, 0.1) is 0 Å². The number of benzene rings is 1. The average Bonchev–Trinajstić information content (AvgIpc) is 2.99. The molecule has 120 valence electrons. The molecule has 2 heterocycles. The lowest BCUT2D eigenvalue weighted by molar-refractivity contribution is 0.287. The molecule has 0 fully saturated rings. The fourth-order valence-corrected chi connectivity index (χ4v) is 2.44. The molecule has 0 saturated heterocycles. The van der Waals surface area contributed by atoms with Gasteiger partial charge in [-0.15, -0.1) is 0 Å². The van der Waals surface area contributed by atoms with Gasteiger partial charge < -0.3 is 9.14 Å². The molecule has 0 N–H and O–H groups in total. The van der Waals surface area contributed by atoms with Gasteiger partial charge in [-0.25, -0.2) is 4.68 Å². The normalized spacial score (nSPS) is 11.8. The number of fused-ring (bicyclic) bond motifs is 1. The standard InChI is InChI=1S/C18H21N3O2/c1-18(2,3)14-6-8-15(9-7-14)23-12-11-21-17(22)16-5-4-10-20(16)13-19-21/h4-10,13H,11-12H2,1-3H3. The monoisotopic (exact) mass is 311 g/mol. The van der Waals surface area contributed by atoms with Crippen LogP contribution in [-0.2, 0) is 12.0 Å². The van der Waals surface area contributed by atoms with Crippen molar-refractivity contribution in [3.8, 4) is 5.75 Å². The predicted molar refractivity (Wildman–Crippen MR) is 90.1 cm³/mol. The molecule has 0 spiro atoms. The van der Waals surface area contributed by atoms with Gasteiger partial charge >= 0.3 is 0 Å². The molecule has 3 aromatic rings. The van der Waals surface area contributed by atoms with Crippen LogP contribution in [0.5, 0.6) is 5.75 Å². The third-order valence-electron chi connectivity index (χ3n) is 3.84. The van der Waals surface area contributed by atoms with E-state index in [0.29, 0.717) is 18.7 Å². The summed E-state index contributed by atoms with van der Waals surface area (Å²) in [7, 11) is 0. The van der Waals surface area contributed by atoms with E-state index in [2.05, 4.69) is 38.0 Å². The SMILES string of the molecule is CC(C)(C)c1ccc(OCCn2ncn3cccc3c2=O)cc1. The molecular weight excluding hydrogens is 290 g/mol. The molecule has 0 aliphatic heterocycles. The molecule has 0 amide bonds. The van der Waals surface area contributed by atoms with E-state index in [1.54, 1.807) is 23.0 Å². The van der Waals surface area contributed by atoms with Gasteiger partial charge in [0, 0.05) is 6.20 Å². The molecule has 0 aliphatic rings. The molecule has 0 radical (unpaired) electrons. The van der Waals surface area contributed by atoms with E-state index in [9.17, 15) is 4.79 Å². The Labute approximate surface area is 135 Å². The van der Waals surface area contributed by atoms with Crippen molar-refractivity contribution in [3.05, 3.63) is 64.8 Å². The maximum atomic E-state index is 12.2. The molecule has 0 atom stereocenters. The fraction of sp³-hybridized carbons (Fsp3) is 0.333. The second-order valence-corrected chi connectivity index (χ2v) is 6.58. The zero-order valence-electron chi connectivity index (χ0n) is 13.7. The van der Waals surface area contributed by atoms with Gasteiger partial charge in [0.25, 0.3) is 5.56 Å².